The lowest BCUT2D eigenvalue weighted by Gasteiger charge is -2.26. The Morgan fingerprint density at radius 2 is 0.633 bits per heavy atom. The lowest BCUT2D eigenvalue weighted by Crippen LogP contribution is -2.33. The van der Waals surface area contributed by atoms with Gasteiger partial charge in [-0.25, -0.2) is 0 Å². The normalized spacial score (nSPS) is 12.0. The molecular weight excluding hydrogens is 368 g/mol. The summed E-state index contributed by atoms with van der Waals surface area (Å²) in [6.45, 7) is 4.48. The third-order valence-electron chi connectivity index (χ3n) is 6.79. The van der Waals surface area contributed by atoms with Crippen molar-refractivity contribution < 1.29 is 10.2 Å². The minimum Gasteiger partial charge on any atom is -0.393 e. The van der Waals surface area contributed by atoms with E-state index >= 15 is 0 Å². The molecule has 0 aromatic rings. The zero-order chi connectivity index (χ0) is 22.2. The maximum Gasteiger partial charge on any atom is 0.0877 e. The van der Waals surface area contributed by atoms with E-state index in [4.69, 9.17) is 0 Å². The minimum atomic E-state index is -0.821. The van der Waals surface area contributed by atoms with Gasteiger partial charge in [-0.05, 0) is 12.8 Å². The minimum absolute atomic E-state index is 0.0669. The molecule has 0 aliphatic rings. The summed E-state index contributed by atoms with van der Waals surface area (Å²) in [7, 11) is 0. The highest BCUT2D eigenvalue weighted by Gasteiger charge is 2.24. The molecule has 2 nitrogen and oxygen atoms in total. The Morgan fingerprint density at radius 3 is 0.867 bits per heavy atom. The first-order valence-electron chi connectivity index (χ1n) is 14.0. The van der Waals surface area contributed by atoms with E-state index < -0.39 is 5.60 Å². The predicted octanol–water partition coefficient (Wildman–Crippen LogP) is 9.11. The van der Waals surface area contributed by atoms with Crippen molar-refractivity contribution in [3.63, 3.8) is 0 Å². The van der Waals surface area contributed by atoms with Crippen molar-refractivity contribution in [1.29, 1.82) is 0 Å². The van der Waals surface area contributed by atoms with Crippen LogP contribution in [0, 0.1) is 0 Å². The molecule has 0 saturated carbocycles. The molecule has 0 bridgehead atoms. The van der Waals surface area contributed by atoms with Gasteiger partial charge in [-0.1, -0.05) is 155 Å². The molecule has 30 heavy (non-hydrogen) atoms. The van der Waals surface area contributed by atoms with E-state index in [2.05, 4.69) is 13.8 Å². The van der Waals surface area contributed by atoms with Gasteiger partial charge < -0.3 is 10.2 Å². The highest BCUT2D eigenvalue weighted by molar-refractivity contribution is 4.77. The molecule has 0 aliphatic carbocycles. The Labute approximate surface area is 190 Å². The Morgan fingerprint density at radius 1 is 0.400 bits per heavy atom. The van der Waals surface area contributed by atoms with Crippen LogP contribution in [-0.4, -0.2) is 22.4 Å². The van der Waals surface area contributed by atoms with Gasteiger partial charge in [0.25, 0.3) is 0 Å². The van der Waals surface area contributed by atoms with Gasteiger partial charge in [0.1, 0.15) is 0 Å². The first-order chi connectivity index (χ1) is 14.7. The number of hydrogen-bond donors (Lipinski definition) is 2. The van der Waals surface area contributed by atoms with Crippen LogP contribution in [0.4, 0.5) is 0 Å². The molecule has 0 aliphatic heterocycles. The van der Waals surface area contributed by atoms with Crippen LogP contribution in [-0.2, 0) is 0 Å². The standard InChI is InChI=1S/C28H58O2/c1-3-5-7-9-11-13-15-17-19-21-23-25-28(30,27-29)26-24-22-20-18-16-14-12-10-8-6-4-2/h29-30H,3-27H2,1-2H3. The first kappa shape index (κ1) is 29.9. The largest absolute Gasteiger partial charge is 0.393 e. The maximum absolute atomic E-state index is 10.7. The summed E-state index contributed by atoms with van der Waals surface area (Å²) in [4.78, 5) is 0. The SMILES string of the molecule is CCCCCCCCCCCCCC(O)(CO)CCCCCCCCCCCCC. The van der Waals surface area contributed by atoms with Crippen LogP contribution < -0.4 is 0 Å². The fourth-order valence-electron chi connectivity index (χ4n) is 4.52. The Kier molecular flexibility index (Phi) is 23.5. The summed E-state index contributed by atoms with van der Waals surface area (Å²) >= 11 is 0. The number of rotatable bonds is 25. The molecule has 0 fully saturated rings. The van der Waals surface area contributed by atoms with Gasteiger partial charge >= 0.3 is 0 Å². The van der Waals surface area contributed by atoms with E-state index in [1.165, 1.54) is 128 Å². The fourth-order valence-corrected chi connectivity index (χ4v) is 4.52. The van der Waals surface area contributed by atoms with Crippen LogP contribution >= 0.6 is 0 Å². The van der Waals surface area contributed by atoms with E-state index in [0.717, 1.165) is 25.7 Å². The monoisotopic (exact) mass is 426 g/mol. The fraction of sp³-hybridized carbons (Fsp3) is 1.00. The van der Waals surface area contributed by atoms with Crippen LogP contribution in [0.2, 0.25) is 0 Å². The van der Waals surface area contributed by atoms with Gasteiger partial charge in [-0.2, -0.15) is 0 Å². The highest BCUT2D eigenvalue weighted by Crippen LogP contribution is 2.23. The molecule has 0 unspecified atom stereocenters. The van der Waals surface area contributed by atoms with Gasteiger partial charge in [0.2, 0.25) is 0 Å². The van der Waals surface area contributed by atoms with Gasteiger partial charge in [-0.3, -0.25) is 0 Å². The molecule has 182 valence electrons. The molecule has 0 saturated heterocycles. The molecule has 0 aromatic carbocycles. The smallest absolute Gasteiger partial charge is 0.0877 e. The molecule has 0 atom stereocenters. The van der Waals surface area contributed by atoms with Gasteiger partial charge in [0, 0.05) is 0 Å². The molecule has 2 N–H and O–H groups in total. The van der Waals surface area contributed by atoms with Crippen LogP contribution in [0.25, 0.3) is 0 Å². The number of aliphatic hydroxyl groups is 2. The quantitative estimate of drug-likeness (QED) is 0.143. The third kappa shape index (κ3) is 21.2. The molecule has 0 rings (SSSR count). The van der Waals surface area contributed by atoms with E-state index in [0.29, 0.717) is 0 Å². The molecule has 0 amide bonds. The van der Waals surface area contributed by atoms with Gasteiger partial charge in [0.05, 0.1) is 12.2 Å². The second kappa shape index (κ2) is 23.6. The molecule has 0 radical (unpaired) electrons. The van der Waals surface area contributed by atoms with Gasteiger partial charge in [-0.15, -0.1) is 0 Å². The Bertz CT molecular complexity index is 290. The lowest BCUT2D eigenvalue weighted by molar-refractivity contribution is -0.0314. The first-order valence-corrected chi connectivity index (χ1v) is 14.0. The van der Waals surface area contributed by atoms with Crippen molar-refractivity contribution in [1.82, 2.24) is 0 Å². The molecule has 0 heterocycles. The average Bonchev–Trinajstić information content (AvgIpc) is 2.76. The van der Waals surface area contributed by atoms with Crippen molar-refractivity contribution in [3.05, 3.63) is 0 Å². The summed E-state index contributed by atoms with van der Waals surface area (Å²) < 4.78 is 0. The van der Waals surface area contributed by atoms with Crippen molar-refractivity contribution in [2.24, 2.45) is 0 Å². The van der Waals surface area contributed by atoms with E-state index in [9.17, 15) is 10.2 Å². The summed E-state index contributed by atoms with van der Waals surface area (Å²) in [6, 6.07) is 0. The van der Waals surface area contributed by atoms with Crippen LogP contribution in [0.3, 0.4) is 0 Å². The Balaban J connectivity index is 3.45. The summed E-state index contributed by atoms with van der Waals surface area (Å²) in [5.41, 5.74) is -0.821. The molecule has 0 aromatic heterocycles. The molecular formula is C28H58O2. The average molecular weight is 427 g/mol. The number of unbranched alkanes of at least 4 members (excludes halogenated alkanes) is 20. The van der Waals surface area contributed by atoms with E-state index in [1.54, 1.807) is 0 Å². The van der Waals surface area contributed by atoms with Crippen molar-refractivity contribution in [3.8, 4) is 0 Å². The van der Waals surface area contributed by atoms with Crippen molar-refractivity contribution in [2.75, 3.05) is 6.61 Å². The molecule has 2 heteroatoms. The second-order valence-corrected chi connectivity index (χ2v) is 9.95. The number of aliphatic hydroxyl groups excluding tert-OH is 1. The van der Waals surface area contributed by atoms with Crippen molar-refractivity contribution in [2.45, 2.75) is 174 Å². The second-order valence-electron chi connectivity index (χ2n) is 9.95. The van der Waals surface area contributed by atoms with E-state index in [-0.39, 0.29) is 6.61 Å². The number of hydrogen-bond acceptors (Lipinski definition) is 2. The lowest BCUT2D eigenvalue weighted by atomic mass is 9.90. The molecule has 0 spiro atoms. The zero-order valence-corrected chi connectivity index (χ0v) is 21.1. The van der Waals surface area contributed by atoms with Crippen LogP contribution in [0.1, 0.15) is 168 Å². The van der Waals surface area contributed by atoms with Crippen LogP contribution in [0.15, 0.2) is 0 Å². The summed E-state index contributed by atoms with van der Waals surface area (Å²) in [5, 5.41) is 20.3. The Hall–Kier alpha value is -0.0800. The van der Waals surface area contributed by atoms with E-state index in [1.807, 2.05) is 0 Å². The van der Waals surface area contributed by atoms with Crippen molar-refractivity contribution >= 4 is 0 Å². The van der Waals surface area contributed by atoms with Crippen LogP contribution in [0.5, 0.6) is 0 Å². The summed E-state index contributed by atoms with van der Waals surface area (Å²) in [5.74, 6) is 0. The maximum atomic E-state index is 10.7. The summed E-state index contributed by atoms with van der Waals surface area (Å²) in [6.07, 6.45) is 30.8. The predicted molar refractivity (Wildman–Crippen MR) is 134 cm³/mol. The topological polar surface area (TPSA) is 40.5 Å². The zero-order valence-electron chi connectivity index (χ0n) is 21.1. The van der Waals surface area contributed by atoms with Gasteiger partial charge in [0.15, 0.2) is 0 Å². The highest BCUT2D eigenvalue weighted by atomic mass is 16.3. The third-order valence-corrected chi connectivity index (χ3v) is 6.79.